The average molecular weight is 394 g/mol. The number of aryl methyl sites for hydroxylation is 1. The number of carbonyl (C=O) groups excluding carboxylic acids is 1. The van der Waals surface area contributed by atoms with Crippen LogP contribution in [-0.2, 0) is 13.0 Å². The number of nitrogens with one attached hydrogen (secondary N) is 1. The molecule has 5 nitrogen and oxygen atoms in total. The third-order valence-corrected chi connectivity index (χ3v) is 5.07. The number of aromatic nitrogens is 2. The van der Waals surface area contributed by atoms with Gasteiger partial charge in [0, 0.05) is 12.1 Å². The molecule has 0 aliphatic carbocycles. The zero-order valence-electron chi connectivity index (χ0n) is 16.5. The van der Waals surface area contributed by atoms with Crippen molar-refractivity contribution in [3.05, 3.63) is 102 Å². The van der Waals surface area contributed by atoms with Crippen LogP contribution in [0.4, 0.5) is 0 Å². The van der Waals surface area contributed by atoms with Gasteiger partial charge in [0.15, 0.2) is 0 Å². The molecule has 1 amide bonds. The lowest BCUT2D eigenvalue weighted by Gasteiger charge is -2.20. The van der Waals surface area contributed by atoms with Crippen LogP contribution in [0.5, 0.6) is 0 Å². The summed E-state index contributed by atoms with van der Waals surface area (Å²) in [6, 6.07) is 29.0. The zero-order valence-corrected chi connectivity index (χ0v) is 16.5. The molecule has 4 rings (SSSR count). The number of fused-ring (bicyclic) bond motifs is 1. The van der Waals surface area contributed by atoms with Gasteiger partial charge in [0.2, 0.25) is 0 Å². The van der Waals surface area contributed by atoms with Gasteiger partial charge in [-0.15, -0.1) is 0 Å². The molecule has 0 saturated carbocycles. The summed E-state index contributed by atoms with van der Waals surface area (Å²) in [5.74, 6) is 0.620. The molecule has 1 heterocycles. The van der Waals surface area contributed by atoms with Crippen LogP contribution in [0, 0.1) is 11.3 Å². The van der Waals surface area contributed by atoms with Crippen LogP contribution in [0.3, 0.4) is 0 Å². The van der Waals surface area contributed by atoms with Gasteiger partial charge in [-0.3, -0.25) is 4.79 Å². The Morgan fingerprint density at radius 1 is 0.967 bits per heavy atom. The Morgan fingerprint density at radius 2 is 1.63 bits per heavy atom. The molecule has 4 aromatic rings. The number of rotatable bonds is 7. The van der Waals surface area contributed by atoms with Gasteiger partial charge >= 0.3 is 0 Å². The predicted molar refractivity (Wildman–Crippen MR) is 117 cm³/mol. The molecule has 0 spiro atoms. The number of benzene rings is 3. The van der Waals surface area contributed by atoms with Crippen LogP contribution in [0.2, 0.25) is 0 Å². The molecule has 1 atom stereocenters. The maximum atomic E-state index is 13.0. The molecule has 1 aromatic heterocycles. The van der Waals surface area contributed by atoms with E-state index in [9.17, 15) is 4.79 Å². The van der Waals surface area contributed by atoms with E-state index in [1.165, 1.54) is 0 Å². The highest BCUT2D eigenvalue weighted by Crippen LogP contribution is 2.24. The van der Waals surface area contributed by atoms with E-state index in [0.29, 0.717) is 24.9 Å². The minimum atomic E-state index is -0.328. The van der Waals surface area contributed by atoms with E-state index >= 15 is 0 Å². The van der Waals surface area contributed by atoms with Gasteiger partial charge in [0.05, 0.1) is 29.6 Å². The molecular weight excluding hydrogens is 372 g/mol. The Bertz CT molecular complexity index is 1180. The minimum absolute atomic E-state index is 0.143. The van der Waals surface area contributed by atoms with Gasteiger partial charge in [-0.05, 0) is 36.2 Å². The van der Waals surface area contributed by atoms with Crippen molar-refractivity contribution >= 4 is 16.9 Å². The van der Waals surface area contributed by atoms with Gasteiger partial charge in [-0.2, -0.15) is 5.26 Å². The normalized spacial score (nSPS) is 11.7. The van der Waals surface area contributed by atoms with Gasteiger partial charge in [-0.1, -0.05) is 60.7 Å². The van der Waals surface area contributed by atoms with Crippen LogP contribution in [0.1, 0.15) is 34.2 Å². The maximum absolute atomic E-state index is 13.0. The standard InChI is InChI=1S/C25H22N4O/c26-16-9-17-29-23-15-8-7-14-21(23)27-24(29)22(18-19-10-3-1-4-11-19)28-25(30)20-12-5-2-6-13-20/h1-8,10-15,22H,9,17-18H2,(H,28,30)/t22-/m1/s1. The van der Waals surface area contributed by atoms with Crippen molar-refractivity contribution in [2.45, 2.75) is 25.4 Å². The van der Waals surface area contributed by atoms with Crippen LogP contribution < -0.4 is 5.32 Å². The number of nitrogens with zero attached hydrogens (tertiary/aromatic N) is 3. The second kappa shape index (κ2) is 9.06. The van der Waals surface area contributed by atoms with E-state index in [4.69, 9.17) is 10.2 Å². The molecular formula is C25H22N4O. The molecule has 30 heavy (non-hydrogen) atoms. The summed E-state index contributed by atoms with van der Waals surface area (Å²) in [4.78, 5) is 17.8. The van der Waals surface area contributed by atoms with Crippen molar-refractivity contribution in [3.8, 4) is 6.07 Å². The quantitative estimate of drug-likeness (QED) is 0.495. The van der Waals surface area contributed by atoms with Gasteiger partial charge in [0.25, 0.3) is 5.91 Å². The molecule has 0 fully saturated rings. The number of hydrogen-bond acceptors (Lipinski definition) is 3. The Balaban J connectivity index is 1.75. The summed E-state index contributed by atoms with van der Waals surface area (Å²) in [6.07, 6.45) is 0.979. The highest BCUT2D eigenvalue weighted by molar-refractivity contribution is 5.94. The van der Waals surface area contributed by atoms with Crippen LogP contribution in [0.15, 0.2) is 84.9 Å². The third-order valence-electron chi connectivity index (χ3n) is 5.07. The van der Waals surface area contributed by atoms with E-state index in [2.05, 4.69) is 16.0 Å². The number of imidazole rings is 1. The van der Waals surface area contributed by atoms with Crippen molar-refractivity contribution in [2.24, 2.45) is 0 Å². The van der Waals surface area contributed by atoms with Crippen molar-refractivity contribution in [2.75, 3.05) is 0 Å². The fourth-order valence-corrected chi connectivity index (χ4v) is 3.64. The lowest BCUT2D eigenvalue weighted by molar-refractivity contribution is 0.0934. The van der Waals surface area contributed by atoms with Gasteiger partial charge in [-0.25, -0.2) is 4.98 Å². The Labute approximate surface area is 175 Å². The first kappa shape index (κ1) is 19.4. The molecule has 5 heteroatoms. The second-order valence-electron chi connectivity index (χ2n) is 7.10. The summed E-state index contributed by atoms with van der Waals surface area (Å²) in [5.41, 5.74) is 3.54. The number of amides is 1. The predicted octanol–water partition coefficient (Wildman–Crippen LogP) is 4.66. The first-order valence-electron chi connectivity index (χ1n) is 9.98. The molecule has 0 unspecified atom stereocenters. The zero-order chi connectivity index (χ0) is 20.8. The summed E-state index contributed by atoms with van der Waals surface area (Å²) >= 11 is 0. The van der Waals surface area contributed by atoms with Crippen molar-refractivity contribution in [1.29, 1.82) is 5.26 Å². The lowest BCUT2D eigenvalue weighted by atomic mass is 10.0. The van der Waals surface area contributed by atoms with Crippen LogP contribution in [0.25, 0.3) is 11.0 Å². The van der Waals surface area contributed by atoms with Crippen LogP contribution >= 0.6 is 0 Å². The summed E-state index contributed by atoms with van der Waals surface area (Å²) < 4.78 is 2.05. The Morgan fingerprint density at radius 3 is 2.37 bits per heavy atom. The highest BCUT2D eigenvalue weighted by Gasteiger charge is 2.23. The van der Waals surface area contributed by atoms with Crippen molar-refractivity contribution < 1.29 is 4.79 Å². The van der Waals surface area contributed by atoms with E-state index in [-0.39, 0.29) is 11.9 Å². The molecule has 3 aromatic carbocycles. The topological polar surface area (TPSA) is 70.7 Å². The monoisotopic (exact) mass is 394 g/mol. The van der Waals surface area contributed by atoms with Gasteiger partial charge < -0.3 is 9.88 Å². The summed E-state index contributed by atoms with van der Waals surface area (Å²) in [5, 5.41) is 12.3. The summed E-state index contributed by atoms with van der Waals surface area (Å²) in [6.45, 7) is 0.527. The number of para-hydroxylation sites is 2. The minimum Gasteiger partial charge on any atom is -0.342 e. The fraction of sp³-hybridized carbons (Fsp3) is 0.160. The molecule has 0 radical (unpaired) electrons. The molecule has 0 aliphatic rings. The smallest absolute Gasteiger partial charge is 0.251 e. The largest absolute Gasteiger partial charge is 0.342 e. The SMILES string of the molecule is N#CCCn1c([C@@H](Cc2ccccc2)NC(=O)c2ccccc2)nc2ccccc21. The third kappa shape index (κ3) is 4.23. The maximum Gasteiger partial charge on any atom is 0.251 e. The Kier molecular flexibility index (Phi) is 5.86. The van der Waals surface area contributed by atoms with Gasteiger partial charge in [0.1, 0.15) is 5.82 Å². The first-order chi connectivity index (χ1) is 14.8. The van der Waals surface area contributed by atoms with Crippen LogP contribution in [-0.4, -0.2) is 15.5 Å². The van der Waals surface area contributed by atoms with Crippen molar-refractivity contribution in [3.63, 3.8) is 0 Å². The molecule has 148 valence electrons. The van der Waals surface area contributed by atoms with Crippen molar-refractivity contribution in [1.82, 2.24) is 14.9 Å². The fourth-order valence-electron chi connectivity index (χ4n) is 3.64. The number of carbonyl (C=O) groups is 1. The molecule has 0 bridgehead atoms. The average Bonchev–Trinajstić information content (AvgIpc) is 3.17. The Hall–Kier alpha value is -3.91. The number of nitriles is 1. The lowest BCUT2D eigenvalue weighted by Crippen LogP contribution is -2.32. The first-order valence-corrected chi connectivity index (χ1v) is 9.98. The molecule has 0 aliphatic heterocycles. The van der Waals surface area contributed by atoms with E-state index in [0.717, 1.165) is 22.4 Å². The summed E-state index contributed by atoms with van der Waals surface area (Å²) in [7, 11) is 0. The number of hydrogen-bond donors (Lipinski definition) is 1. The molecule has 0 saturated heterocycles. The van der Waals surface area contributed by atoms with E-state index in [1.807, 2.05) is 72.8 Å². The van der Waals surface area contributed by atoms with E-state index in [1.54, 1.807) is 12.1 Å². The molecule has 1 N–H and O–H groups in total. The van der Waals surface area contributed by atoms with E-state index < -0.39 is 0 Å². The highest BCUT2D eigenvalue weighted by atomic mass is 16.1. The second-order valence-corrected chi connectivity index (χ2v) is 7.10.